The summed E-state index contributed by atoms with van der Waals surface area (Å²) >= 11 is 1.61. The Hall–Kier alpha value is -2.48. The monoisotopic (exact) mass is 440 g/mol. The molecule has 1 aliphatic rings. The van der Waals surface area contributed by atoms with E-state index in [0.29, 0.717) is 24.6 Å². The molecule has 30 heavy (non-hydrogen) atoms. The van der Waals surface area contributed by atoms with Crippen molar-refractivity contribution in [2.24, 2.45) is 5.92 Å². The van der Waals surface area contributed by atoms with Gasteiger partial charge in [0.2, 0.25) is 10.0 Å². The first kappa shape index (κ1) is 20.8. The molecule has 0 bridgehead atoms. The minimum atomic E-state index is -3.52. The average molecular weight is 441 g/mol. The molecule has 1 aliphatic heterocycles. The molecule has 3 aromatic rings. The molecule has 1 saturated heterocycles. The van der Waals surface area contributed by atoms with Crippen molar-refractivity contribution in [3.05, 3.63) is 71.6 Å². The molecule has 2 aromatic carbocycles. The lowest BCUT2D eigenvalue weighted by molar-refractivity contribution is 0.102. The fourth-order valence-electron chi connectivity index (χ4n) is 3.59. The molecule has 5 nitrogen and oxygen atoms in total. The zero-order valence-electron chi connectivity index (χ0n) is 16.7. The number of amides is 1. The predicted octanol–water partition coefficient (Wildman–Crippen LogP) is 5.09. The Morgan fingerprint density at radius 1 is 1.00 bits per heavy atom. The van der Waals surface area contributed by atoms with Crippen LogP contribution in [-0.4, -0.2) is 31.7 Å². The lowest BCUT2D eigenvalue weighted by Crippen LogP contribution is -2.37. The second-order valence-corrected chi connectivity index (χ2v) is 10.5. The summed E-state index contributed by atoms with van der Waals surface area (Å²) in [5.41, 5.74) is 2.10. The fourth-order valence-corrected chi connectivity index (χ4v) is 5.82. The lowest BCUT2D eigenvalue weighted by Gasteiger charge is -2.29. The smallest absolute Gasteiger partial charge is 0.255 e. The number of hydrogen-bond acceptors (Lipinski definition) is 4. The van der Waals surface area contributed by atoms with E-state index in [9.17, 15) is 13.2 Å². The summed E-state index contributed by atoms with van der Waals surface area (Å²) in [5, 5.41) is 4.95. The molecule has 1 amide bonds. The molecule has 1 N–H and O–H groups in total. The molecule has 1 aromatic heterocycles. The molecular formula is C23H24N2O3S2. The molecule has 2 heterocycles. The number of carbonyl (C=O) groups is 1. The number of para-hydroxylation sites is 1. The zero-order valence-corrected chi connectivity index (χ0v) is 18.4. The molecular weight excluding hydrogens is 416 g/mol. The number of anilines is 1. The zero-order chi connectivity index (χ0) is 21.1. The van der Waals surface area contributed by atoms with E-state index in [2.05, 4.69) is 12.2 Å². The van der Waals surface area contributed by atoms with E-state index in [4.69, 9.17) is 0 Å². The predicted molar refractivity (Wildman–Crippen MR) is 121 cm³/mol. The van der Waals surface area contributed by atoms with Gasteiger partial charge in [0, 0.05) is 34.8 Å². The van der Waals surface area contributed by atoms with Crippen molar-refractivity contribution in [2.45, 2.75) is 24.7 Å². The molecule has 1 fully saturated rings. The van der Waals surface area contributed by atoms with Gasteiger partial charge >= 0.3 is 0 Å². The Morgan fingerprint density at radius 3 is 2.37 bits per heavy atom. The molecule has 7 heteroatoms. The Balaban J connectivity index is 1.51. The third kappa shape index (κ3) is 4.33. The van der Waals surface area contributed by atoms with Gasteiger partial charge in [0.25, 0.3) is 5.91 Å². The van der Waals surface area contributed by atoms with Crippen LogP contribution in [0.25, 0.3) is 10.4 Å². The first-order chi connectivity index (χ1) is 14.4. The third-order valence-corrected chi connectivity index (χ3v) is 8.27. The molecule has 0 spiro atoms. The summed E-state index contributed by atoms with van der Waals surface area (Å²) < 4.78 is 27.3. The second-order valence-electron chi connectivity index (χ2n) is 7.59. The Kier molecular flexibility index (Phi) is 6.04. The van der Waals surface area contributed by atoms with Gasteiger partial charge in [-0.15, -0.1) is 11.3 Å². The number of piperidine rings is 1. The van der Waals surface area contributed by atoms with E-state index in [-0.39, 0.29) is 10.8 Å². The highest BCUT2D eigenvalue weighted by Gasteiger charge is 2.28. The molecule has 156 valence electrons. The van der Waals surface area contributed by atoms with Gasteiger partial charge in [0.05, 0.1) is 4.90 Å². The van der Waals surface area contributed by atoms with Crippen molar-refractivity contribution in [3.63, 3.8) is 0 Å². The standard InChI is InChI=1S/C23H24N2O3S2/c1-17-12-14-25(15-13-17)30(27,28)19-10-8-18(9-11-19)23(26)24-21-6-3-2-5-20(21)22-7-4-16-29-22/h2-11,16-17H,12-15H2,1H3,(H,24,26). The lowest BCUT2D eigenvalue weighted by atomic mass is 10.0. The van der Waals surface area contributed by atoms with Crippen LogP contribution >= 0.6 is 11.3 Å². The molecule has 0 atom stereocenters. The quantitative estimate of drug-likeness (QED) is 0.601. The van der Waals surface area contributed by atoms with Crippen LogP contribution in [0.5, 0.6) is 0 Å². The molecule has 4 rings (SSSR count). The molecule has 0 radical (unpaired) electrons. The number of benzene rings is 2. The first-order valence-corrected chi connectivity index (χ1v) is 12.3. The van der Waals surface area contributed by atoms with Crippen molar-refractivity contribution in [2.75, 3.05) is 18.4 Å². The summed E-state index contributed by atoms with van der Waals surface area (Å²) in [6.45, 7) is 3.24. The maximum Gasteiger partial charge on any atom is 0.255 e. The minimum absolute atomic E-state index is 0.229. The van der Waals surface area contributed by atoms with E-state index in [1.165, 1.54) is 12.1 Å². The topological polar surface area (TPSA) is 66.5 Å². The maximum atomic E-state index is 12.9. The van der Waals surface area contributed by atoms with Gasteiger partial charge in [0.1, 0.15) is 0 Å². The normalized spacial score (nSPS) is 15.8. The van der Waals surface area contributed by atoms with Crippen LogP contribution in [0.2, 0.25) is 0 Å². The molecule has 0 saturated carbocycles. The van der Waals surface area contributed by atoms with Crippen LogP contribution in [0.15, 0.2) is 70.9 Å². The largest absolute Gasteiger partial charge is 0.321 e. The number of carbonyl (C=O) groups excluding carboxylic acids is 1. The Bertz CT molecular complexity index is 1120. The van der Waals surface area contributed by atoms with Crippen LogP contribution < -0.4 is 5.32 Å². The van der Waals surface area contributed by atoms with E-state index < -0.39 is 10.0 Å². The van der Waals surface area contributed by atoms with Crippen molar-refractivity contribution in [1.82, 2.24) is 4.31 Å². The number of nitrogens with one attached hydrogen (secondary N) is 1. The van der Waals surface area contributed by atoms with Gasteiger partial charge in [-0.25, -0.2) is 8.42 Å². The van der Waals surface area contributed by atoms with E-state index in [1.54, 1.807) is 27.8 Å². The number of hydrogen-bond donors (Lipinski definition) is 1. The summed E-state index contributed by atoms with van der Waals surface area (Å²) in [5.74, 6) is 0.286. The third-order valence-electron chi connectivity index (χ3n) is 5.46. The number of rotatable bonds is 5. The van der Waals surface area contributed by atoms with E-state index >= 15 is 0 Å². The van der Waals surface area contributed by atoms with E-state index in [1.807, 2.05) is 41.8 Å². The number of sulfonamides is 1. The Labute approximate surface area is 181 Å². The number of thiophene rings is 1. The van der Waals surface area contributed by atoms with Crippen molar-refractivity contribution in [3.8, 4) is 10.4 Å². The summed E-state index contributed by atoms with van der Waals surface area (Å²) in [6, 6.07) is 17.8. The van der Waals surface area contributed by atoms with Crippen molar-refractivity contribution >= 4 is 33.0 Å². The summed E-state index contributed by atoms with van der Waals surface area (Å²) in [7, 11) is -3.52. The fraction of sp³-hybridized carbons (Fsp3) is 0.261. The maximum absolute atomic E-state index is 12.9. The van der Waals surface area contributed by atoms with Gasteiger partial charge in [-0.2, -0.15) is 4.31 Å². The highest BCUT2D eigenvalue weighted by molar-refractivity contribution is 7.89. The second kappa shape index (κ2) is 8.71. The number of nitrogens with zero attached hydrogens (tertiary/aromatic N) is 1. The SMILES string of the molecule is CC1CCN(S(=O)(=O)c2ccc(C(=O)Nc3ccccc3-c3cccs3)cc2)CC1. The van der Waals surface area contributed by atoms with Crippen LogP contribution in [0, 0.1) is 5.92 Å². The van der Waals surface area contributed by atoms with Crippen LogP contribution in [0.4, 0.5) is 5.69 Å². The molecule has 0 unspecified atom stereocenters. The van der Waals surface area contributed by atoms with Crippen LogP contribution in [-0.2, 0) is 10.0 Å². The summed E-state index contributed by atoms with van der Waals surface area (Å²) in [6.07, 6.45) is 1.76. The van der Waals surface area contributed by atoms with Crippen molar-refractivity contribution in [1.29, 1.82) is 0 Å². The highest BCUT2D eigenvalue weighted by Crippen LogP contribution is 2.31. The first-order valence-electron chi connectivity index (χ1n) is 9.99. The minimum Gasteiger partial charge on any atom is -0.321 e. The van der Waals surface area contributed by atoms with Gasteiger partial charge in [-0.3, -0.25) is 4.79 Å². The average Bonchev–Trinajstić information content (AvgIpc) is 3.29. The van der Waals surface area contributed by atoms with Gasteiger partial charge in [-0.05, 0) is 60.5 Å². The summed E-state index contributed by atoms with van der Waals surface area (Å²) in [4.78, 5) is 14.1. The highest BCUT2D eigenvalue weighted by atomic mass is 32.2. The molecule has 0 aliphatic carbocycles. The Morgan fingerprint density at radius 2 is 1.70 bits per heavy atom. The van der Waals surface area contributed by atoms with Gasteiger partial charge < -0.3 is 5.32 Å². The van der Waals surface area contributed by atoms with E-state index in [0.717, 1.165) is 29.0 Å². The van der Waals surface area contributed by atoms with Gasteiger partial charge in [0.15, 0.2) is 0 Å². The van der Waals surface area contributed by atoms with Crippen LogP contribution in [0.1, 0.15) is 30.1 Å². The van der Waals surface area contributed by atoms with Crippen LogP contribution in [0.3, 0.4) is 0 Å². The van der Waals surface area contributed by atoms with Gasteiger partial charge in [-0.1, -0.05) is 31.2 Å². The van der Waals surface area contributed by atoms with Crippen molar-refractivity contribution < 1.29 is 13.2 Å².